The molecule has 2 unspecified atom stereocenters. The number of para-hydroxylation sites is 1. The Morgan fingerprint density at radius 1 is 1.40 bits per heavy atom. The van der Waals surface area contributed by atoms with Crippen LogP contribution < -0.4 is 4.74 Å². The highest BCUT2D eigenvalue weighted by molar-refractivity contribution is 5.73. The molecule has 0 heterocycles. The van der Waals surface area contributed by atoms with E-state index in [1.165, 1.54) is 7.11 Å². The van der Waals surface area contributed by atoms with Gasteiger partial charge in [0.1, 0.15) is 5.75 Å². The van der Waals surface area contributed by atoms with Crippen molar-refractivity contribution in [2.24, 2.45) is 0 Å². The standard InChI is InChI=1S/C11H14O4/c1-7(10(12)11(13)14)8-5-3-4-6-9(8)15-2/h3-7,10,12H,1-2H3,(H,13,14). The van der Waals surface area contributed by atoms with E-state index in [0.29, 0.717) is 11.3 Å². The van der Waals surface area contributed by atoms with Crippen LogP contribution in [0.25, 0.3) is 0 Å². The fourth-order valence-corrected chi connectivity index (χ4v) is 1.43. The molecule has 0 aromatic heterocycles. The van der Waals surface area contributed by atoms with Crippen molar-refractivity contribution in [3.63, 3.8) is 0 Å². The van der Waals surface area contributed by atoms with E-state index < -0.39 is 18.0 Å². The van der Waals surface area contributed by atoms with Gasteiger partial charge in [-0.2, -0.15) is 0 Å². The first kappa shape index (κ1) is 11.5. The minimum Gasteiger partial charge on any atom is -0.496 e. The Labute approximate surface area is 88.1 Å². The highest BCUT2D eigenvalue weighted by atomic mass is 16.5. The molecule has 15 heavy (non-hydrogen) atoms. The maximum Gasteiger partial charge on any atom is 0.333 e. The van der Waals surface area contributed by atoms with Crippen molar-refractivity contribution < 1.29 is 19.7 Å². The molecule has 0 aliphatic heterocycles. The lowest BCUT2D eigenvalue weighted by atomic mass is 9.94. The van der Waals surface area contributed by atoms with Gasteiger partial charge < -0.3 is 14.9 Å². The van der Waals surface area contributed by atoms with Crippen molar-refractivity contribution >= 4 is 5.97 Å². The van der Waals surface area contributed by atoms with Crippen LogP contribution in [0, 0.1) is 0 Å². The van der Waals surface area contributed by atoms with Gasteiger partial charge in [-0.15, -0.1) is 0 Å². The number of benzene rings is 1. The molecule has 0 fully saturated rings. The summed E-state index contributed by atoms with van der Waals surface area (Å²) in [5.74, 6) is -1.14. The van der Waals surface area contributed by atoms with Gasteiger partial charge in [0.25, 0.3) is 0 Å². The van der Waals surface area contributed by atoms with Crippen molar-refractivity contribution in [3.8, 4) is 5.75 Å². The third-order valence-corrected chi connectivity index (χ3v) is 2.36. The molecule has 4 heteroatoms. The second-order valence-electron chi connectivity index (χ2n) is 3.31. The Hall–Kier alpha value is -1.55. The van der Waals surface area contributed by atoms with Crippen molar-refractivity contribution in [2.45, 2.75) is 18.9 Å². The number of aliphatic hydroxyl groups is 1. The lowest BCUT2D eigenvalue weighted by Crippen LogP contribution is -2.26. The van der Waals surface area contributed by atoms with E-state index >= 15 is 0 Å². The molecule has 0 bridgehead atoms. The third-order valence-electron chi connectivity index (χ3n) is 2.36. The maximum atomic E-state index is 10.6. The molecule has 0 spiro atoms. The Morgan fingerprint density at radius 3 is 2.53 bits per heavy atom. The normalized spacial score (nSPS) is 14.3. The maximum absolute atomic E-state index is 10.6. The summed E-state index contributed by atoms with van der Waals surface area (Å²) < 4.78 is 5.09. The molecule has 1 aromatic rings. The van der Waals surface area contributed by atoms with Gasteiger partial charge >= 0.3 is 5.97 Å². The van der Waals surface area contributed by atoms with Crippen LogP contribution in [0.1, 0.15) is 18.4 Å². The van der Waals surface area contributed by atoms with Crippen LogP contribution >= 0.6 is 0 Å². The van der Waals surface area contributed by atoms with Crippen LogP contribution in [0.5, 0.6) is 5.75 Å². The van der Waals surface area contributed by atoms with Gasteiger partial charge in [-0.25, -0.2) is 4.79 Å². The summed E-state index contributed by atoms with van der Waals surface area (Å²) in [7, 11) is 1.51. The molecule has 0 saturated carbocycles. The van der Waals surface area contributed by atoms with E-state index in [-0.39, 0.29) is 0 Å². The van der Waals surface area contributed by atoms with Gasteiger partial charge in [0.05, 0.1) is 7.11 Å². The first-order valence-corrected chi connectivity index (χ1v) is 4.61. The average molecular weight is 210 g/mol. The molecule has 82 valence electrons. The first-order valence-electron chi connectivity index (χ1n) is 4.61. The van der Waals surface area contributed by atoms with Crippen molar-refractivity contribution in [1.82, 2.24) is 0 Å². The Kier molecular flexibility index (Phi) is 3.68. The molecule has 1 rings (SSSR count). The van der Waals surface area contributed by atoms with Gasteiger partial charge in [-0.1, -0.05) is 25.1 Å². The third kappa shape index (κ3) is 2.47. The number of ether oxygens (including phenoxy) is 1. The van der Waals surface area contributed by atoms with Crippen molar-refractivity contribution in [2.75, 3.05) is 7.11 Å². The molecule has 0 amide bonds. The molecular formula is C11H14O4. The SMILES string of the molecule is COc1ccccc1C(C)C(O)C(=O)O. The van der Waals surface area contributed by atoms with Crippen LogP contribution in [0.3, 0.4) is 0 Å². The minimum absolute atomic E-state index is 0.501. The molecule has 0 saturated heterocycles. The van der Waals surface area contributed by atoms with Gasteiger partial charge in [-0.05, 0) is 6.07 Å². The molecule has 2 N–H and O–H groups in total. The molecule has 4 nitrogen and oxygen atoms in total. The van der Waals surface area contributed by atoms with E-state index in [1.54, 1.807) is 31.2 Å². The number of rotatable bonds is 4. The summed E-state index contributed by atoms with van der Waals surface area (Å²) in [6.45, 7) is 1.65. The fourth-order valence-electron chi connectivity index (χ4n) is 1.43. The summed E-state index contributed by atoms with van der Waals surface area (Å²) in [6, 6.07) is 7.06. The Balaban J connectivity index is 2.99. The first-order chi connectivity index (χ1) is 7.07. The van der Waals surface area contributed by atoms with Gasteiger partial charge in [0.2, 0.25) is 0 Å². The van der Waals surface area contributed by atoms with Gasteiger partial charge in [0.15, 0.2) is 6.10 Å². The zero-order valence-corrected chi connectivity index (χ0v) is 8.68. The highest BCUT2D eigenvalue weighted by Crippen LogP contribution is 2.28. The van der Waals surface area contributed by atoms with Crippen LogP contribution in [-0.4, -0.2) is 29.4 Å². The highest BCUT2D eigenvalue weighted by Gasteiger charge is 2.25. The topological polar surface area (TPSA) is 66.8 Å². The Bertz CT molecular complexity index is 348. The van der Waals surface area contributed by atoms with E-state index in [4.69, 9.17) is 9.84 Å². The minimum atomic E-state index is -1.42. The number of hydrogen-bond donors (Lipinski definition) is 2. The summed E-state index contributed by atoms with van der Waals surface area (Å²) in [4.78, 5) is 10.6. The summed E-state index contributed by atoms with van der Waals surface area (Å²) in [5, 5.41) is 18.1. The largest absolute Gasteiger partial charge is 0.496 e. The number of carboxylic acids is 1. The quantitative estimate of drug-likeness (QED) is 0.784. The van der Waals surface area contributed by atoms with Gasteiger partial charge in [0, 0.05) is 11.5 Å². The predicted octanol–water partition coefficient (Wildman–Crippen LogP) is 1.24. The second-order valence-corrected chi connectivity index (χ2v) is 3.31. The molecule has 0 aliphatic rings. The van der Waals surface area contributed by atoms with Gasteiger partial charge in [-0.3, -0.25) is 0 Å². The van der Waals surface area contributed by atoms with Crippen LogP contribution in [0.15, 0.2) is 24.3 Å². The molecule has 2 atom stereocenters. The van der Waals surface area contributed by atoms with E-state index in [0.717, 1.165) is 0 Å². The smallest absolute Gasteiger partial charge is 0.333 e. The van der Waals surface area contributed by atoms with Crippen molar-refractivity contribution in [1.29, 1.82) is 0 Å². The zero-order chi connectivity index (χ0) is 11.4. The van der Waals surface area contributed by atoms with Crippen molar-refractivity contribution in [3.05, 3.63) is 29.8 Å². The number of methoxy groups -OCH3 is 1. The number of aliphatic hydroxyl groups excluding tert-OH is 1. The second kappa shape index (κ2) is 4.79. The van der Waals surface area contributed by atoms with E-state index in [2.05, 4.69) is 0 Å². The average Bonchev–Trinajstić information content (AvgIpc) is 2.26. The van der Waals surface area contributed by atoms with Crippen LogP contribution in [-0.2, 0) is 4.79 Å². The molecule has 0 aliphatic carbocycles. The monoisotopic (exact) mass is 210 g/mol. The van der Waals surface area contributed by atoms with Crippen LogP contribution in [0.2, 0.25) is 0 Å². The number of aliphatic carboxylic acids is 1. The van der Waals surface area contributed by atoms with E-state index in [1.807, 2.05) is 0 Å². The molecule has 0 radical (unpaired) electrons. The zero-order valence-electron chi connectivity index (χ0n) is 8.68. The number of carboxylic acid groups (broad SMARTS) is 1. The summed E-state index contributed by atoms with van der Waals surface area (Å²) in [6.07, 6.45) is -1.42. The fraction of sp³-hybridized carbons (Fsp3) is 0.364. The number of hydrogen-bond acceptors (Lipinski definition) is 3. The summed E-state index contributed by atoms with van der Waals surface area (Å²) >= 11 is 0. The summed E-state index contributed by atoms with van der Waals surface area (Å²) in [5.41, 5.74) is 0.690. The molecule has 1 aromatic carbocycles. The van der Waals surface area contributed by atoms with Crippen LogP contribution in [0.4, 0.5) is 0 Å². The molecular weight excluding hydrogens is 196 g/mol. The lowest BCUT2D eigenvalue weighted by Gasteiger charge is -2.17. The number of carbonyl (C=O) groups is 1. The Morgan fingerprint density at radius 2 is 2.00 bits per heavy atom. The van der Waals surface area contributed by atoms with E-state index in [9.17, 15) is 9.90 Å². The lowest BCUT2D eigenvalue weighted by molar-refractivity contribution is -0.147. The predicted molar refractivity (Wildman–Crippen MR) is 55.1 cm³/mol.